The lowest BCUT2D eigenvalue weighted by atomic mass is 9.95. The van der Waals surface area contributed by atoms with Gasteiger partial charge in [-0.3, -0.25) is 14.6 Å². The average molecular weight is 366 g/mol. The summed E-state index contributed by atoms with van der Waals surface area (Å²) in [6.45, 7) is 3.94. The van der Waals surface area contributed by atoms with Crippen LogP contribution >= 0.6 is 0 Å². The average Bonchev–Trinajstić information content (AvgIpc) is 3.32. The smallest absolute Gasteiger partial charge is 0.253 e. The fourth-order valence-corrected chi connectivity index (χ4v) is 3.24. The summed E-state index contributed by atoms with van der Waals surface area (Å²) in [5.74, 6) is 0.542. The fraction of sp³-hybridized carbons (Fsp3) is 0.368. The largest absolute Gasteiger partial charge is 0.387 e. The van der Waals surface area contributed by atoms with Crippen molar-refractivity contribution in [3.05, 3.63) is 54.1 Å². The first-order valence-electron chi connectivity index (χ1n) is 9.07. The van der Waals surface area contributed by atoms with Gasteiger partial charge in [0.2, 0.25) is 0 Å². The van der Waals surface area contributed by atoms with Crippen molar-refractivity contribution < 1.29 is 9.90 Å². The molecule has 1 aromatic carbocycles. The summed E-state index contributed by atoms with van der Waals surface area (Å²) >= 11 is 0. The quantitative estimate of drug-likeness (QED) is 0.694. The molecule has 0 bridgehead atoms. The van der Waals surface area contributed by atoms with Gasteiger partial charge in [0, 0.05) is 37.0 Å². The second-order valence-corrected chi connectivity index (χ2v) is 7.01. The number of hydrogen-bond donors (Lipinski definition) is 2. The normalized spacial score (nSPS) is 15.6. The Morgan fingerprint density at radius 3 is 2.70 bits per heavy atom. The maximum atomic E-state index is 12.6. The van der Waals surface area contributed by atoms with Crippen molar-refractivity contribution in [2.24, 2.45) is 5.92 Å². The standard InChI is InChI=1S/C19H22N6O2/c1-13(26)18-12-25(23-22-18)7-6-14-10-24(11-14)19(27)16-4-2-15(3-5-16)17-8-20-21-9-17/h2-5,8-9,12-14,26H,6-7,10-11H2,1H3,(H,20,21). The predicted molar refractivity (Wildman–Crippen MR) is 98.7 cm³/mol. The van der Waals surface area contributed by atoms with Crippen LogP contribution in [0.3, 0.4) is 0 Å². The molecule has 1 saturated heterocycles. The van der Waals surface area contributed by atoms with Crippen LogP contribution in [0.2, 0.25) is 0 Å². The van der Waals surface area contributed by atoms with Gasteiger partial charge in [0.15, 0.2) is 0 Å². The Kier molecular flexibility index (Phi) is 4.72. The van der Waals surface area contributed by atoms with Crippen LogP contribution in [0, 0.1) is 5.92 Å². The number of aromatic nitrogens is 5. The van der Waals surface area contributed by atoms with Crippen LogP contribution in [-0.2, 0) is 6.54 Å². The van der Waals surface area contributed by atoms with Crippen LogP contribution in [0.1, 0.15) is 35.5 Å². The van der Waals surface area contributed by atoms with Gasteiger partial charge in [-0.05, 0) is 37.0 Å². The molecule has 1 unspecified atom stereocenters. The molecule has 4 rings (SSSR count). The number of likely N-dealkylation sites (tertiary alicyclic amines) is 1. The zero-order chi connectivity index (χ0) is 18.8. The number of aromatic amines is 1. The van der Waals surface area contributed by atoms with Crippen molar-refractivity contribution in [1.29, 1.82) is 0 Å². The van der Waals surface area contributed by atoms with E-state index in [-0.39, 0.29) is 5.91 Å². The first kappa shape index (κ1) is 17.4. The summed E-state index contributed by atoms with van der Waals surface area (Å²) in [6, 6.07) is 7.62. The van der Waals surface area contributed by atoms with Gasteiger partial charge in [0.1, 0.15) is 5.69 Å². The molecule has 0 aliphatic carbocycles. The van der Waals surface area contributed by atoms with Gasteiger partial charge >= 0.3 is 0 Å². The molecule has 1 amide bonds. The van der Waals surface area contributed by atoms with Gasteiger partial charge in [-0.2, -0.15) is 5.10 Å². The number of hydrogen-bond acceptors (Lipinski definition) is 5. The zero-order valence-corrected chi connectivity index (χ0v) is 15.1. The van der Waals surface area contributed by atoms with Gasteiger partial charge < -0.3 is 10.0 Å². The highest BCUT2D eigenvalue weighted by Crippen LogP contribution is 2.24. The van der Waals surface area contributed by atoms with Crippen LogP contribution < -0.4 is 0 Å². The third-order valence-electron chi connectivity index (χ3n) is 4.96. The Morgan fingerprint density at radius 2 is 2.07 bits per heavy atom. The number of H-pyrrole nitrogens is 1. The van der Waals surface area contributed by atoms with Crippen LogP contribution in [0.4, 0.5) is 0 Å². The SMILES string of the molecule is CC(O)c1cn(CCC2CN(C(=O)c3ccc(-c4cn[nH]c4)cc3)C2)nn1. The Hall–Kier alpha value is -3.00. The Balaban J connectivity index is 1.27. The molecule has 1 fully saturated rings. The molecule has 2 aromatic heterocycles. The van der Waals surface area contributed by atoms with Gasteiger partial charge in [0.25, 0.3) is 5.91 Å². The second kappa shape index (κ2) is 7.32. The van der Waals surface area contributed by atoms with Gasteiger partial charge in [-0.1, -0.05) is 17.3 Å². The van der Waals surface area contributed by atoms with E-state index in [9.17, 15) is 9.90 Å². The van der Waals surface area contributed by atoms with Crippen LogP contribution in [0.5, 0.6) is 0 Å². The van der Waals surface area contributed by atoms with E-state index >= 15 is 0 Å². The summed E-state index contributed by atoms with van der Waals surface area (Å²) in [5, 5.41) is 24.2. The number of carbonyl (C=O) groups is 1. The highest BCUT2D eigenvalue weighted by Gasteiger charge is 2.30. The van der Waals surface area contributed by atoms with E-state index in [0.29, 0.717) is 17.2 Å². The number of aryl methyl sites for hydroxylation is 1. The molecule has 1 atom stereocenters. The topological polar surface area (TPSA) is 99.9 Å². The van der Waals surface area contributed by atoms with E-state index in [4.69, 9.17) is 0 Å². The first-order chi connectivity index (χ1) is 13.1. The van der Waals surface area contributed by atoms with Crippen molar-refractivity contribution in [2.45, 2.75) is 26.0 Å². The molecule has 27 heavy (non-hydrogen) atoms. The van der Waals surface area contributed by atoms with Gasteiger partial charge in [-0.15, -0.1) is 5.10 Å². The first-order valence-corrected chi connectivity index (χ1v) is 9.07. The Labute approximate surface area is 156 Å². The molecule has 3 aromatic rings. The molecule has 1 aliphatic rings. The zero-order valence-electron chi connectivity index (χ0n) is 15.1. The maximum absolute atomic E-state index is 12.6. The van der Waals surface area contributed by atoms with E-state index in [2.05, 4.69) is 20.5 Å². The highest BCUT2D eigenvalue weighted by atomic mass is 16.3. The Morgan fingerprint density at radius 1 is 1.30 bits per heavy atom. The third kappa shape index (κ3) is 3.75. The van der Waals surface area contributed by atoms with E-state index in [1.54, 1.807) is 24.0 Å². The van der Waals surface area contributed by atoms with Gasteiger partial charge in [0.05, 0.1) is 18.5 Å². The lowest BCUT2D eigenvalue weighted by Gasteiger charge is -2.39. The number of nitrogens with zero attached hydrogens (tertiary/aromatic N) is 5. The number of benzene rings is 1. The predicted octanol–water partition coefficient (Wildman–Crippen LogP) is 1.88. The molecule has 1 aliphatic heterocycles. The minimum Gasteiger partial charge on any atom is -0.387 e. The monoisotopic (exact) mass is 366 g/mol. The minimum absolute atomic E-state index is 0.0714. The summed E-state index contributed by atoms with van der Waals surface area (Å²) in [5.41, 5.74) is 3.33. The molecule has 8 nitrogen and oxygen atoms in total. The summed E-state index contributed by atoms with van der Waals surface area (Å²) in [6.07, 6.45) is 5.70. The minimum atomic E-state index is -0.601. The molecule has 140 valence electrons. The summed E-state index contributed by atoms with van der Waals surface area (Å²) in [4.78, 5) is 14.5. The molecule has 8 heteroatoms. The number of carbonyl (C=O) groups excluding carboxylic acids is 1. The molecule has 0 saturated carbocycles. The number of nitrogens with one attached hydrogen (secondary N) is 1. The molecule has 0 radical (unpaired) electrons. The van der Waals surface area contributed by atoms with Crippen LogP contribution in [-0.4, -0.2) is 54.2 Å². The number of aliphatic hydroxyl groups excluding tert-OH is 1. The highest BCUT2D eigenvalue weighted by molar-refractivity contribution is 5.95. The van der Waals surface area contributed by atoms with Crippen molar-refractivity contribution in [3.63, 3.8) is 0 Å². The van der Waals surface area contributed by atoms with E-state index in [1.807, 2.05) is 35.4 Å². The maximum Gasteiger partial charge on any atom is 0.253 e. The van der Waals surface area contributed by atoms with Crippen molar-refractivity contribution >= 4 is 5.91 Å². The van der Waals surface area contributed by atoms with Crippen molar-refractivity contribution in [2.75, 3.05) is 13.1 Å². The molecular weight excluding hydrogens is 344 g/mol. The van der Waals surface area contributed by atoms with Crippen LogP contribution in [0.15, 0.2) is 42.9 Å². The van der Waals surface area contributed by atoms with E-state index in [1.165, 1.54) is 0 Å². The summed E-state index contributed by atoms with van der Waals surface area (Å²) in [7, 11) is 0. The van der Waals surface area contributed by atoms with Crippen molar-refractivity contribution in [3.8, 4) is 11.1 Å². The van der Waals surface area contributed by atoms with Crippen molar-refractivity contribution in [1.82, 2.24) is 30.1 Å². The third-order valence-corrected chi connectivity index (χ3v) is 4.96. The van der Waals surface area contributed by atoms with E-state index in [0.717, 1.165) is 37.2 Å². The lowest BCUT2D eigenvalue weighted by molar-refractivity contribution is 0.0475. The lowest BCUT2D eigenvalue weighted by Crippen LogP contribution is -2.50. The molecule has 2 N–H and O–H groups in total. The van der Waals surface area contributed by atoms with E-state index < -0.39 is 6.10 Å². The summed E-state index contributed by atoms with van der Waals surface area (Å²) < 4.78 is 1.75. The molecule has 0 spiro atoms. The fourth-order valence-electron chi connectivity index (χ4n) is 3.24. The second-order valence-electron chi connectivity index (χ2n) is 7.01. The molecule has 3 heterocycles. The Bertz CT molecular complexity index is 895. The number of rotatable bonds is 6. The van der Waals surface area contributed by atoms with Crippen LogP contribution in [0.25, 0.3) is 11.1 Å². The number of amides is 1. The van der Waals surface area contributed by atoms with Gasteiger partial charge in [-0.25, -0.2) is 0 Å². The molecular formula is C19H22N6O2. The number of aliphatic hydroxyl groups is 1.